The van der Waals surface area contributed by atoms with Crippen LogP contribution in [0.25, 0.3) is 0 Å². The number of aliphatic hydroxyl groups excluding tert-OH is 1. The van der Waals surface area contributed by atoms with Crippen LogP contribution in [0.2, 0.25) is 0 Å². The maximum atomic E-state index is 12.2. The fourth-order valence-corrected chi connectivity index (χ4v) is 2.96. The molecule has 1 fully saturated rings. The van der Waals surface area contributed by atoms with E-state index in [4.69, 9.17) is 10.2 Å². The zero-order chi connectivity index (χ0) is 13.0. The summed E-state index contributed by atoms with van der Waals surface area (Å²) in [6.45, 7) is 4.19. The molecule has 1 heterocycles. The minimum atomic E-state index is -0.977. The van der Waals surface area contributed by atoms with Crippen LogP contribution in [0, 0.1) is 0 Å². The van der Waals surface area contributed by atoms with Gasteiger partial charge >= 0.3 is 12.0 Å². The van der Waals surface area contributed by atoms with E-state index >= 15 is 0 Å². The molecular weight excluding hydrogens is 244 g/mol. The number of rotatable bonds is 4. The summed E-state index contributed by atoms with van der Waals surface area (Å²) in [4.78, 5) is 26.0. The van der Waals surface area contributed by atoms with E-state index in [2.05, 4.69) is 0 Å². The standard InChI is InChI=1S/C10H18N2O4S/c1-3-11(4-5-13)10(16)12-7(2)17-6-8(12)9(14)15/h7-8,13H,3-6H2,1-2H3,(H,14,15). The van der Waals surface area contributed by atoms with Crippen LogP contribution in [0.5, 0.6) is 0 Å². The minimum absolute atomic E-state index is 0.118. The number of carbonyl (C=O) groups is 2. The molecule has 0 aromatic carbocycles. The highest BCUT2D eigenvalue weighted by atomic mass is 32.2. The summed E-state index contributed by atoms with van der Waals surface area (Å²) in [5, 5.41) is 17.8. The Morgan fingerprint density at radius 2 is 2.18 bits per heavy atom. The first kappa shape index (κ1) is 14.1. The van der Waals surface area contributed by atoms with Crippen LogP contribution in [0.1, 0.15) is 13.8 Å². The van der Waals surface area contributed by atoms with E-state index in [1.165, 1.54) is 21.6 Å². The van der Waals surface area contributed by atoms with Crippen molar-refractivity contribution in [3.05, 3.63) is 0 Å². The molecule has 6 nitrogen and oxygen atoms in total. The predicted molar refractivity (Wildman–Crippen MR) is 64.9 cm³/mol. The van der Waals surface area contributed by atoms with E-state index in [-0.39, 0.29) is 24.6 Å². The van der Waals surface area contributed by atoms with Gasteiger partial charge in [0.1, 0.15) is 6.04 Å². The van der Waals surface area contributed by atoms with Gasteiger partial charge in [-0.1, -0.05) is 0 Å². The summed E-state index contributed by atoms with van der Waals surface area (Å²) in [5.41, 5.74) is 0. The summed E-state index contributed by atoms with van der Waals surface area (Å²) >= 11 is 1.45. The number of carboxylic acid groups (broad SMARTS) is 1. The van der Waals surface area contributed by atoms with Crippen molar-refractivity contribution < 1.29 is 19.8 Å². The SMILES string of the molecule is CCN(CCO)C(=O)N1C(C)SCC1C(=O)O. The number of urea groups is 1. The Hall–Kier alpha value is -0.950. The number of thioether (sulfide) groups is 1. The largest absolute Gasteiger partial charge is 0.480 e. The molecule has 1 aliphatic rings. The fraction of sp³-hybridized carbons (Fsp3) is 0.800. The lowest BCUT2D eigenvalue weighted by molar-refractivity contribution is -0.141. The summed E-state index contributed by atoms with van der Waals surface area (Å²) in [7, 11) is 0. The Bertz CT molecular complexity index is 300. The number of carboxylic acids is 1. The summed E-state index contributed by atoms with van der Waals surface area (Å²) < 4.78 is 0. The molecule has 98 valence electrons. The average Bonchev–Trinajstić information content (AvgIpc) is 2.67. The number of nitrogens with zero attached hydrogens (tertiary/aromatic N) is 2. The van der Waals surface area contributed by atoms with Gasteiger partial charge in [0.2, 0.25) is 0 Å². The van der Waals surface area contributed by atoms with Crippen molar-refractivity contribution in [3.63, 3.8) is 0 Å². The van der Waals surface area contributed by atoms with Gasteiger partial charge in [-0.05, 0) is 13.8 Å². The third-order valence-electron chi connectivity index (χ3n) is 2.75. The van der Waals surface area contributed by atoms with Gasteiger partial charge in [-0.2, -0.15) is 0 Å². The molecule has 0 spiro atoms. The van der Waals surface area contributed by atoms with Gasteiger partial charge in [-0.15, -0.1) is 11.8 Å². The van der Waals surface area contributed by atoms with Crippen molar-refractivity contribution >= 4 is 23.8 Å². The van der Waals surface area contributed by atoms with Crippen molar-refractivity contribution in [1.29, 1.82) is 0 Å². The van der Waals surface area contributed by atoms with E-state index < -0.39 is 12.0 Å². The molecule has 2 amide bonds. The third-order valence-corrected chi connectivity index (χ3v) is 3.97. The quantitative estimate of drug-likeness (QED) is 0.760. The van der Waals surface area contributed by atoms with E-state index in [9.17, 15) is 9.59 Å². The molecule has 0 radical (unpaired) electrons. The first-order chi connectivity index (χ1) is 8.02. The number of hydrogen-bond acceptors (Lipinski definition) is 4. The van der Waals surface area contributed by atoms with Gasteiger partial charge in [0, 0.05) is 18.8 Å². The van der Waals surface area contributed by atoms with Crippen molar-refractivity contribution in [2.45, 2.75) is 25.3 Å². The van der Waals surface area contributed by atoms with Crippen LogP contribution in [0.15, 0.2) is 0 Å². The molecule has 2 atom stereocenters. The van der Waals surface area contributed by atoms with Gasteiger partial charge < -0.3 is 15.1 Å². The summed E-state index contributed by atoms with van der Waals surface area (Å²) in [6, 6.07) is -1.08. The average molecular weight is 262 g/mol. The molecule has 2 N–H and O–H groups in total. The van der Waals surface area contributed by atoms with Crippen molar-refractivity contribution in [1.82, 2.24) is 9.80 Å². The van der Waals surface area contributed by atoms with Crippen LogP contribution >= 0.6 is 11.8 Å². The third kappa shape index (κ3) is 3.04. The number of likely N-dealkylation sites (N-methyl/N-ethyl adjacent to an activating group) is 1. The van der Waals surface area contributed by atoms with Crippen molar-refractivity contribution in [3.8, 4) is 0 Å². The lowest BCUT2D eigenvalue weighted by Crippen LogP contribution is -2.51. The lowest BCUT2D eigenvalue weighted by atomic mass is 10.3. The van der Waals surface area contributed by atoms with Crippen LogP contribution in [-0.2, 0) is 4.79 Å². The molecule has 1 aliphatic heterocycles. The first-order valence-corrected chi connectivity index (χ1v) is 6.60. The second-order valence-corrected chi connectivity index (χ2v) is 5.13. The molecular formula is C10H18N2O4S. The molecule has 1 saturated heterocycles. The van der Waals surface area contributed by atoms with E-state index in [1.807, 2.05) is 6.92 Å². The van der Waals surface area contributed by atoms with Gasteiger partial charge in [0.15, 0.2) is 0 Å². The second kappa shape index (κ2) is 6.11. The number of amides is 2. The Morgan fingerprint density at radius 1 is 1.53 bits per heavy atom. The van der Waals surface area contributed by atoms with Crippen LogP contribution in [0.4, 0.5) is 4.79 Å². The van der Waals surface area contributed by atoms with Crippen LogP contribution in [0.3, 0.4) is 0 Å². The predicted octanol–water partition coefficient (Wildman–Crippen LogP) is 0.269. The molecule has 0 aromatic rings. The molecule has 0 bridgehead atoms. The lowest BCUT2D eigenvalue weighted by Gasteiger charge is -2.31. The molecule has 2 unspecified atom stereocenters. The monoisotopic (exact) mass is 262 g/mol. The zero-order valence-corrected chi connectivity index (χ0v) is 10.8. The van der Waals surface area contributed by atoms with Gasteiger partial charge in [-0.25, -0.2) is 9.59 Å². The summed E-state index contributed by atoms with van der Waals surface area (Å²) in [6.07, 6.45) is 0. The Labute approximate surface area is 105 Å². The maximum absolute atomic E-state index is 12.2. The number of carbonyl (C=O) groups excluding carboxylic acids is 1. The molecule has 17 heavy (non-hydrogen) atoms. The second-order valence-electron chi connectivity index (χ2n) is 3.78. The highest BCUT2D eigenvalue weighted by molar-refractivity contribution is 8.00. The van der Waals surface area contributed by atoms with Crippen LogP contribution < -0.4 is 0 Å². The Balaban J connectivity index is 2.80. The zero-order valence-electron chi connectivity index (χ0n) is 10.00. The highest BCUT2D eigenvalue weighted by Crippen LogP contribution is 2.29. The molecule has 0 aromatic heterocycles. The number of aliphatic carboxylic acids is 1. The van der Waals surface area contributed by atoms with Gasteiger partial charge in [0.05, 0.1) is 12.0 Å². The molecule has 0 aliphatic carbocycles. The molecule has 0 saturated carbocycles. The van der Waals surface area contributed by atoms with Crippen molar-refractivity contribution in [2.75, 3.05) is 25.4 Å². The fourth-order valence-electron chi connectivity index (χ4n) is 1.80. The summed E-state index contributed by atoms with van der Waals surface area (Å²) in [5.74, 6) is -0.561. The van der Waals surface area contributed by atoms with Crippen molar-refractivity contribution in [2.24, 2.45) is 0 Å². The van der Waals surface area contributed by atoms with E-state index in [1.54, 1.807) is 6.92 Å². The molecule has 7 heteroatoms. The number of aliphatic hydroxyl groups is 1. The van der Waals surface area contributed by atoms with E-state index in [0.29, 0.717) is 12.3 Å². The first-order valence-electron chi connectivity index (χ1n) is 5.55. The maximum Gasteiger partial charge on any atom is 0.327 e. The smallest absolute Gasteiger partial charge is 0.327 e. The minimum Gasteiger partial charge on any atom is -0.480 e. The number of hydrogen-bond donors (Lipinski definition) is 2. The Kier molecular flexibility index (Phi) is 5.07. The normalized spacial score (nSPS) is 23.8. The van der Waals surface area contributed by atoms with Gasteiger partial charge in [-0.3, -0.25) is 4.90 Å². The topological polar surface area (TPSA) is 81.1 Å². The Morgan fingerprint density at radius 3 is 2.65 bits per heavy atom. The van der Waals surface area contributed by atoms with Gasteiger partial charge in [0.25, 0.3) is 0 Å². The highest BCUT2D eigenvalue weighted by Gasteiger charge is 2.40. The van der Waals surface area contributed by atoms with Crippen LogP contribution in [-0.4, -0.2) is 68.9 Å². The molecule has 1 rings (SSSR count). The van der Waals surface area contributed by atoms with E-state index in [0.717, 1.165) is 0 Å².